The van der Waals surface area contributed by atoms with Crippen molar-refractivity contribution in [1.82, 2.24) is 5.32 Å². The first-order valence-electron chi connectivity index (χ1n) is 6.33. The van der Waals surface area contributed by atoms with Crippen LogP contribution in [0.15, 0.2) is 29.2 Å². The zero-order valence-corrected chi connectivity index (χ0v) is 12.6. The summed E-state index contributed by atoms with van der Waals surface area (Å²) in [5.41, 5.74) is 0.644. The lowest BCUT2D eigenvalue weighted by molar-refractivity contribution is 0.266. The van der Waals surface area contributed by atoms with Crippen LogP contribution in [-0.2, 0) is 10.1 Å². The molecule has 20 heavy (non-hydrogen) atoms. The molecule has 0 aliphatic rings. The summed E-state index contributed by atoms with van der Waals surface area (Å²) < 4.78 is 30.7. The second-order valence-corrected chi connectivity index (χ2v) is 5.75. The van der Waals surface area contributed by atoms with Crippen LogP contribution in [0.4, 0.5) is 0 Å². The fourth-order valence-corrected chi connectivity index (χ4v) is 2.33. The van der Waals surface area contributed by atoms with Gasteiger partial charge in [-0.15, -0.1) is 0 Å². The van der Waals surface area contributed by atoms with Gasteiger partial charge in [0.1, 0.15) is 0 Å². The fourth-order valence-electron chi connectivity index (χ4n) is 1.48. The molecule has 0 atom stereocenters. The van der Waals surface area contributed by atoms with Crippen LogP contribution in [0.5, 0.6) is 0 Å². The average Bonchev–Trinajstić information content (AvgIpc) is 2.39. The second kappa shape index (κ2) is 9.84. The molecule has 0 aliphatic carbocycles. The van der Waals surface area contributed by atoms with Crippen LogP contribution < -0.4 is 5.32 Å². The van der Waals surface area contributed by atoms with Crippen molar-refractivity contribution in [2.75, 3.05) is 26.3 Å². The van der Waals surface area contributed by atoms with Gasteiger partial charge in [-0.05, 0) is 17.5 Å². The van der Waals surface area contributed by atoms with Crippen molar-refractivity contribution in [1.29, 1.82) is 0 Å². The third-order valence-corrected chi connectivity index (χ3v) is 3.32. The standard InChI is InChI=1S/C9H12O3S.C4H11NO2/c1-7(2)8-5-3-4-6-9(8)13(10,11)12;6-3-1-5-2-4-7/h3-7H,1-2H3,(H,10,11,12);5-7H,1-4H2. The Morgan fingerprint density at radius 3 is 1.95 bits per heavy atom. The molecular weight excluding hydrogens is 282 g/mol. The number of rotatable bonds is 6. The second-order valence-electron chi connectivity index (χ2n) is 4.36. The van der Waals surface area contributed by atoms with Gasteiger partial charge in [0.05, 0.1) is 18.1 Å². The van der Waals surface area contributed by atoms with E-state index in [2.05, 4.69) is 5.32 Å². The highest BCUT2D eigenvalue weighted by molar-refractivity contribution is 7.85. The van der Waals surface area contributed by atoms with Crippen molar-refractivity contribution in [2.45, 2.75) is 24.7 Å². The smallest absolute Gasteiger partial charge is 0.294 e. The molecule has 0 spiro atoms. The average molecular weight is 305 g/mol. The van der Waals surface area contributed by atoms with Gasteiger partial charge in [-0.1, -0.05) is 32.0 Å². The van der Waals surface area contributed by atoms with E-state index in [1.807, 2.05) is 13.8 Å². The van der Waals surface area contributed by atoms with Crippen molar-refractivity contribution in [3.8, 4) is 0 Å². The van der Waals surface area contributed by atoms with Crippen LogP contribution in [0.1, 0.15) is 25.3 Å². The van der Waals surface area contributed by atoms with Crippen LogP contribution in [0.3, 0.4) is 0 Å². The normalized spacial score (nSPS) is 11.1. The van der Waals surface area contributed by atoms with E-state index in [0.29, 0.717) is 18.7 Å². The van der Waals surface area contributed by atoms with Gasteiger partial charge < -0.3 is 15.5 Å². The summed E-state index contributed by atoms with van der Waals surface area (Å²) in [7, 11) is -4.08. The number of hydrogen-bond donors (Lipinski definition) is 4. The van der Waals surface area contributed by atoms with Crippen molar-refractivity contribution in [2.24, 2.45) is 0 Å². The van der Waals surface area contributed by atoms with Gasteiger partial charge in [-0.2, -0.15) is 8.42 Å². The Hall–Kier alpha value is -0.990. The number of nitrogens with one attached hydrogen (secondary N) is 1. The van der Waals surface area contributed by atoms with Crippen LogP contribution >= 0.6 is 0 Å². The summed E-state index contributed by atoms with van der Waals surface area (Å²) in [5.74, 6) is 0.0816. The molecular formula is C13H23NO5S. The van der Waals surface area contributed by atoms with Gasteiger partial charge in [0.2, 0.25) is 0 Å². The topological polar surface area (TPSA) is 107 Å². The Balaban J connectivity index is 0.000000441. The Bertz CT molecular complexity index is 469. The molecule has 0 amide bonds. The van der Waals surface area contributed by atoms with Gasteiger partial charge in [-0.3, -0.25) is 4.55 Å². The van der Waals surface area contributed by atoms with Gasteiger partial charge in [0, 0.05) is 13.1 Å². The molecule has 7 heteroatoms. The molecule has 6 nitrogen and oxygen atoms in total. The number of benzene rings is 1. The Morgan fingerprint density at radius 1 is 1.10 bits per heavy atom. The van der Waals surface area contributed by atoms with Crippen LogP contribution in [0.25, 0.3) is 0 Å². The molecule has 1 aromatic carbocycles. The van der Waals surface area contributed by atoms with E-state index in [0.717, 1.165) is 0 Å². The zero-order valence-electron chi connectivity index (χ0n) is 11.8. The number of aliphatic hydroxyl groups is 2. The molecule has 4 N–H and O–H groups in total. The van der Waals surface area contributed by atoms with E-state index in [9.17, 15) is 8.42 Å². The fraction of sp³-hybridized carbons (Fsp3) is 0.538. The number of aliphatic hydroxyl groups excluding tert-OH is 2. The molecule has 0 aliphatic heterocycles. The Kier molecular flexibility index (Phi) is 9.35. The lowest BCUT2D eigenvalue weighted by Gasteiger charge is -2.09. The summed E-state index contributed by atoms with van der Waals surface area (Å²) in [6.45, 7) is 5.18. The molecule has 0 saturated carbocycles. The molecule has 0 radical (unpaired) electrons. The van der Waals surface area contributed by atoms with Crippen LogP contribution in [0.2, 0.25) is 0 Å². The maximum Gasteiger partial charge on any atom is 0.294 e. The largest absolute Gasteiger partial charge is 0.395 e. The molecule has 1 aromatic rings. The van der Waals surface area contributed by atoms with E-state index in [4.69, 9.17) is 14.8 Å². The van der Waals surface area contributed by atoms with Gasteiger partial charge in [-0.25, -0.2) is 0 Å². The quantitative estimate of drug-likeness (QED) is 0.453. The first kappa shape index (κ1) is 19.0. The van der Waals surface area contributed by atoms with E-state index < -0.39 is 10.1 Å². The highest BCUT2D eigenvalue weighted by atomic mass is 32.2. The Labute approximate surface area is 120 Å². The van der Waals surface area contributed by atoms with E-state index in [-0.39, 0.29) is 24.0 Å². The summed E-state index contributed by atoms with van der Waals surface area (Å²) in [6, 6.07) is 6.46. The predicted octanol–water partition coefficient (Wildman–Crippen LogP) is 0.617. The van der Waals surface area contributed by atoms with E-state index in [1.54, 1.807) is 18.2 Å². The summed E-state index contributed by atoms with van der Waals surface area (Å²) >= 11 is 0. The lowest BCUT2D eigenvalue weighted by Crippen LogP contribution is -2.21. The zero-order chi connectivity index (χ0) is 15.6. The van der Waals surface area contributed by atoms with Crippen molar-refractivity contribution in [3.63, 3.8) is 0 Å². The van der Waals surface area contributed by atoms with E-state index >= 15 is 0 Å². The monoisotopic (exact) mass is 305 g/mol. The third kappa shape index (κ3) is 7.56. The molecule has 0 fully saturated rings. The van der Waals surface area contributed by atoms with Crippen molar-refractivity contribution in [3.05, 3.63) is 29.8 Å². The highest BCUT2D eigenvalue weighted by Gasteiger charge is 2.15. The van der Waals surface area contributed by atoms with Gasteiger partial charge in [0.15, 0.2) is 0 Å². The molecule has 0 aromatic heterocycles. The van der Waals surface area contributed by atoms with Crippen LogP contribution in [0, 0.1) is 0 Å². The lowest BCUT2D eigenvalue weighted by atomic mass is 10.0. The molecule has 0 bridgehead atoms. The maximum atomic E-state index is 10.9. The summed E-state index contributed by atoms with van der Waals surface area (Å²) in [5, 5.41) is 19.1. The minimum absolute atomic E-state index is 0.00463. The molecule has 0 heterocycles. The summed E-state index contributed by atoms with van der Waals surface area (Å²) in [6.07, 6.45) is 0. The first-order valence-corrected chi connectivity index (χ1v) is 7.77. The highest BCUT2D eigenvalue weighted by Crippen LogP contribution is 2.22. The first-order chi connectivity index (χ1) is 9.34. The SMILES string of the molecule is CC(C)c1ccccc1S(=O)(=O)O.OCCNCCO. The molecule has 0 unspecified atom stereocenters. The third-order valence-electron chi connectivity index (χ3n) is 2.40. The maximum absolute atomic E-state index is 10.9. The Morgan fingerprint density at radius 2 is 1.60 bits per heavy atom. The minimum atomic E-state index is -4.08. The van der Waals surface area contributed by atoms with Crippen molar-refractivity contribution >= 4 is 10.1 Å². The molecule has 0 saturated heterocycles. The van der Waals surface area contributed by atoms with Gasteiger partial charge >= 0.3 is 0 Å². The summed E-state index contributed by atoms with van der Waals surface area (Å²) in [4.78, 5) is 0.00463. The predicted molar refractivity (Wildman–Crippen MR) is 77.4 cm³/mol. The van der Waals surface area contributed by atoms with Crippen molar-refractivity contribution < 1.29 is 23.2 Å². The van der Waals surface area contributed by atoms with E-state index in [1.165, 1.54) is 6.07 Å². The van der Waals surface area contributed by atoms with Crippen LogP contribution in [-0.4, -0.2) is 49.5 Å². The molecule has 1 rings (SSSR count). The van der Waals surface area contributed by atoms with Gasteiger partial charge in [0.25, 0.3) is 10.1 Å². The minimum Gasteiger partial charge on any atom is -0.395 e. The number of hydrogen-bond acceptors (Lipinski definition) is 5. The molecule has 116 valence electrons.